The maximum atomic E-state index is 13.0. The number of thiophene rings is 1. The molecule has 1 fully saturated rings. The molecule has 2 heterocycles. The molecule has 4 rings (SSSR count). The van der Waals surface area contributed by atoms with Crippen molar-refractivity contribution in [3.05, 3.63) is 57.3 Å². The van der Waals surface area contributed by atoms with Crippen molar-refractivity contribution in [2.24, 2.45) is 0 Å². The molecule has 3 nitrogen and oxygen atoms in total. The molecule has 1 aromatic carbocycles. The minimum Gasteiger partial charge on any atom is -0.212 e. The van der Waals surface area contributed by atoms with E-state index in [1.807, 2.05) is 18.2 Å². The molecular weight excluding hydrogens is 326 g/mol. The van der Waals surface area contributed by atoms with E-state index in [1.165, 1.54) is 21.6 Å². The average Bonchev–Trinajstić information content (AvgIpc) is 3.24. The predicted octanol–water partition coefficient (Wildman–Crippen LogP) is 3.48. The summed E-state index contributed by atoms with van der Waals surface area (Å²) < 4.78 is 27.7. The van der Waals surface area contributed by atoms with Crippen LogP contribution in [-0.4, -0.2) is 25.0 Å². The van der Waals surface area contributed by atoms with Gasteiger partial charge in [-0.25, -0.2) is 8.42 Å². The van der Waals surface area contributed by atoms with Gasteiger partial charge in [0.1, 0.15) is 0 Å². The van der Waals surface area contributed by atoms with Crippen molar-refractivity contribution in [1.29, 1.82) is 0 Å². The van der Waals surface area contributed by atoms with E-state index in [-0.39, 0.29) is 11.2 Å². The maximum absolute atomic E-state index is 13.0. The molecule has 0 amide bonds. The zero-order valence-corrected chi connectivity index (χ0v) is 14.9. The topological polar surface area (TPSA) is 37.4 Å². The van der Waals surface area contributed by atoms with Crippen molar-refractivity contribution in [3.63, 3.8) is 0 Å². The fraction of sp³-hybridized carbons (Fsp3) is 0.444. The number of aryl methyl sites for hydroxylation is 1. The molecule has 0 bridgehead atoms. The monoisotopic (exact) mass is 347 g/mol. The fourth-order valence-electron chi connectivity index (χ4n) is 3.56. The second kappa shape index (κ2) is 5.43. The van der Waals surface area contributed by atoms with Crippen molar-refractivity contribution < 1.29 is 8.42 Å². The first-order valence-corrected chi connectivity index (χ1v) is 10.6. The van der Waals surface area contributed by atoms with E-state index < -0.39 is 10.0 Å². The lowest BCUT2D eigenvalue weighted by Crippen LogP contribution is -2.39. The highest BCUT2D eigenvalue weighted by Gasteiger charge is 2.48. The van der Waals surface area contributed by atoms with Crippen LogP contribution < -0.4 is 0 Å². The van der Waals surface area contributed by atoms with Crippen molar-refractivity contribution in [2.75, 3.05) is 12.3 Å². The summed E-state index contributed by atoms with van der Waals surface area (Å²) in [6, 6.07) is 10.1. The number of hydrogen-bond acceptors (Lipinski definition) is 3. The van der Waals surface area contributed by atoms with Gasteiger partial charge in [0.2, 0.25) is 10.0 Å². The first-order chi connectivity index (χ1) is 11.0. The summed E-state index contributed by atoms with van der Waals surface area (Å²) in [5.41, 5.74) is 3.49. The van der Waals surface area contributed by atoms with E-state index in [2.05, 4.69) is 24.4 Å². The van der Waals surface area contributed by atoms with Gasteiger partial charge in [0, 0.05) is 23.4 Å². The van der Waals surface area contributed by atoms with E-state index in [1.54, 1.807) is 15.6 Å². The summed E-state index contributed by atoms with van der Waals surface area (Å²) in [5, 5.41) is 2.15. The lowest BCUT2D eigenvalue weighted by molar-refractivity contribution is 0.390. The van der Waals surface area contributed by atoms with Crippen LogP contribution >= 0.6 is 11.3 Å². The van der Waals surface area contributed by atoms with Gasteiger partial charge in [-0.1, -0.05) is 30.3 Å². The lowest BCUT2D eigenvalue weighted by Gasteiger charge is -2.29. The molecule has 1 aliphatic carbocycles. The van der Waals surface area contributed by atoms with E-state index in [0.717, 1.165) is 19.3 Å². The van der Waals surface area contributed by atoms with Crippen molar-refractivity contribution in [3.8, 4) is 0 Å². The molecule has 2 aliphatic rings. The summed E-state index contributed by atoms with van der Waals surface area (Å²) in [4.78, 5) is 1.36. The first kappa shape index (κ1) is 15.4. The zero-order valence-electron chi connectivity index (χ0n) is 13.3. The summed E-state index contributed by atoms with van der Waals surface area (Å²) in [7, 11) is -3.23. The second-order valence-electron chi connectivity index (χ2n) is 6.81. The predicted molar refractivity (Wildman–Crippen MR) is 94.3 cm³/mol. The third kappa shape index (κ3) is 2.75. The highest BCUT2D eigenvalue weighted by Crippen LogP contribution is 2.49. The third-order valence-corrected chi connectivity index (χ3v) is 8.43. The Labute approximate surface area is 142 Å². The van der Waals surface area contributed by atoms with Crippen LogP contribution in [0.4, 0.5) is 0 Å². The minimum atomic E-state index is -3.23. The van der Waals surface area contributed by atoms with Crippen LogP contribution in [-0.2, 0) is 28.4 Å². The van der Waals surface area contributed by atoms with Gasteiger partial charge in [0.05, 0.1) is 5.75 Å². The summed E-state index contributed by atoms with van der Waals surface area (Å²) in [6.07, 6.45) is 2.81. The van der Waals surface area contributed by atoms with Gasteiger partial charge in [-0.2, -0.15) is 4.31 Å². The van der Waals surface area contributed by atoms with Gasteiger partial charge in [-0.05, 0) is 48.3 Å². The molecule has 1 aliphatic heterocycles. The number of rotatable bonds is 4. The summed E-state index contributed by atoms with van der Waals surface area (Å²) in [5.74, 6) is 0.253. The number of fused-ring (bicyclic) bond motifs is 1. The average molecular weight is 348 g/mol. The molecule has 0 radical (unpaired) electrons. The Bertz CT molecular complexity index is 820. The molecule has 1 saturated carbocycles. The molecule has 122 valence electrons. The molecule has 0 spiro atoms. The number of hydrogen-bond donors (Lipinski definition) is 0. The quantitative estimate of drug-likeness (QED) is 0.849. The molecule has 2 aromatic rings. The largest absolute Gasteiger partial charge is 0.215 e. The molecule has 0 saturated heterocycles. The number of benzene rings is 1. The van der Waals surface area contributed by atoms with Crippen LogP contribution in [0.15, 0.2) is 35.7 Å². The van der Waals surface area contributed by atoms with E-state index in [4.69, 9.17) is 0 Å². The maximum Gasteiger partial charge on any atom is 0.215 e. The van der Waals surface area contributed by atoms with Crippen molar-refractivity contribution in [2.45, 2.75) is 38.1 Å². The van der Waals surface area contributed by atoms with Crippen LogP contribution in [0.25, 0.3) is 0 Å². The minimum absolute atomic E-state index is 0.149. The molecule has 0 unspecified atom stereocenters. The number of nitrogens with zero attached hydrogens (tertiary/aromatic N) is 1. The van der Waals surface area contributed by atoms with E-state index in [9.17, 15) is 8.42 Å². The first-order valence-electron chi connectivity index (χ1n) is 8.09. The fourth-order valence-corrected chi connectivity index (χ4v) is 6.63. The van der Waals surface area contributed by atoms with Gasteiger partial charge in [0.25, 0.3) is 0 Å². The van der Waals surface area contributed by atoms with Crippen molar-refractivity contribution >= 4 is 21.4 Å². The Morgan fingerprint density at radius 1 is 1.22 bits per heavy atom. The summed E-state index contributed by atoms with van der Waals surface area (Å²) >= 11 is 1.77. The van der Waals surface area contributed by atoms with Gasteiger partial charge in [0.15, 0.2) is 0 Å². The molecule has 5 heteroatoms. The highest BCUT2D eigenvalue weighted by molar-refractivity contribution is 7.89. The Morgan fingerprint density at radius 2 is 1.96 bits per heavy atom. The Balaban J connectivity index is 1.57. The normalized spacial score (nSPS) is 20.2. The van der Waals surface area contributed by atoms with Crippen LogP contribution in [0.3, 0.4) is 0 Å². The highest BCUT2D eigenvalue weighted by atomic mass is 32.2. The van der Waals surface area contributed by atoms with Crippen LogP contribution in [0.1, 0.15) is 34.4 Å². The van der Waals surface area contributed by atoms with Crippen LogP contribution in [0.5, 0.6) is 0 Å². The Hall–Kier alpha value is -1.17. The smallest absolute Gasteiger partial charge is 0.212 e. The summed E-state index contributed by atoms with van der Waals surface area (Å²) in [6.45, 7) is 3.26. The van der Waals surface area contributed by atoms with E-state index in [0.29, 0.717) is 13.1 Å². The van der Waals surface area contributed by atoms with Gasteiger partial charge in [-0.3, -0.25) is 0 Å². The van der Waals surface area contributed by atoms with Gasteiger partial charge >= 0.3 is 0 Å². The van der Waals surface area contributed by atoms with Gasteiger partial charge in [-0.15, -0.1) is 11.3 Å². The molecule has 0 atom stereocenters. The Kier molecular flexibility index (Phi) is 3.63. The number of sulfonamides is 1. The van der Waals surface area contributed by atoms with Crippen LogP contribution in [0, 0.1) is 6.92 Å². The van der Waals surface area contributed by atoms with E-state index >= 15 is 0 Å². The Morgan fingerprint density at radius 3 is 2.65 bits per heavy atom. The van der Waals surface area contributed by atoms with Crippen molar-refractivity contribution in [1.82, 2.24) is 4.31 Å². The van der Waals surface area contributed by atoms with Crippen LogP contribution in [0.2, 0.25) is 0 Å². The third-order valence-electron chi connectivity index (χ3n) is 5.21. The lowest BCUT2D eigenvalue weighted by atomic mass is 9.99. The SMILES string of the molecule is Cc1csc2c1CN(S(=O)(=O)CC1(c3ccccc3)CC1)CC2. The molecule has 0 N–H and O–H groups in total. The molecule has 23 heavy (non-hydrogen) atoms. The molecule has 1 aromatic heterocycles. The molecular formula is C18H21NO2S2. The van der Waals surface area contributed by atoms with Gasteiger partial charge < -0.3 is 0 Å². The second-order valence-corrected chi connectivity index (χ2v) is 9.74. The standard InChI is InChI=1S/C18H21NO2S2/c1-14-12-22-17-7-10-19(11-16(14)17)23(20,21)13-18(8-9-18)15-5-3-2-4-6-15/h2-6,12H,7-11,13H2,1H3. The zero-order chi connectivity index (χ0) is 16.1.